The van der Waals surface area contributed by atoms with Crippen molar-refractivity contribution in [2.75, 3.05) is 26.8 Å². The quantitative estimate of drug-likeness (QED) is 0.621. The molecule has 26 heavy (non-hydrogen) atoms. The number of halogens is 1. The van der Waals surface area contributed by atoms with E-state index in [-0.39, 0.29) is 5.91 Å². The summed E-state index contributed by atoms with van der Waals surface area (Å²) in [6.45, 7) is 0. The predicted octanol–water partition coefficient (Wildman–Crippen LogP) is 3.73. The zero-order valence-electron chi connectivity index (χ0n) is 14.3. The van der Waals surface area contributed by atoms with Gasteiger partial charge >= 0.3 is 0 Å². The van der Waals surface area contributed by atoms with Crippen LogP contribution in [0.5, 0.6) is 17.2 Å². The molecule has 0 radical (unpaired) electrons. The van der Waals surface area contributed by atoms with Crippen molar-refractivity contribution in [2.45, 2.75) is 0 Å². The van der Waals surface area contributed by atoms with E-state index in [1.807, 2.05) is 0 Å². The molecule has 0 atom stereocenters. The monoisotopic (exact) mass is 393 g/mol. The van der Waals surface area contributed by atoms with Gasteiger partial charge in [-0.25, -0.2) is 4.98 Å². The molecule has 1 aromatic heterocycles. The number of carbonyl (C=O) groups is 1. The maximum absolute atomic E-state index is 12.3. The van der Waals surface area contributed by atoms with Crippen molar-refractivity contribution in [2.24, 2.45) is 0 Å². The highest BCUT2D eigenvalue weighted by Crippen LogP contribution is 2.37. The highest BCUT2D eigenvalue weighted by molar-refractivity contribution is 7.22. The third-order valence-corrected chi connectivity index (χ3v) is 5.04. The molecule has 0 saturated heterocycles. The fourth-order valence-electron chi connectivity index (χ4n) is 2.33. The van der Waals surface area contributed by atoms with Crippen LogP contribution in [0.25, 0.3) is 10.2 Å². The first-order valence-electron chi connectivity index (χ1n) is 7.48. The Labute approximate surface area is 158 Å². The van der Waals surface area contributed by atoms with Crippen molar-refractivity contribution < 1.29 is 19.0 Å². The van der Waals surface area contributed by atoms with Crippen LogP contribution in [-0.4, -0.2) is 32.2 Å². The second kappa shape index (κ2) is 7.67. The van der Waals surface area contributed by atoms with Crippen molar-refractivity contribution in [1.82, 2.24) is 10.4 Å². The maximum Gasteiger partial charge on any atom is 0.269 e. The van der Waals surface area contributed by atoms with Gasteiger partial charge in [0.15, 0.2) is 11.5 Å². The summed E-state index contributed by atoms with van der Waals surface area (Å²) in [7, 11) is 4.61. The number of amides is 1. The second-order valence-electron chi connectivity index (χ2n) is 5.10. The Kier molecular flexibility index (Phi) is 5.34. The Bertz CT molecular complexity index is 961. The number of nitrogens with one attached hydrogen (secondary N) is 2. The van der Waals surface area contributed by atoms with E-state index in [0.717, 1.165) is 4.70 Å². The number of carbonyl (C=O) groups excluding carboxylic acids is 1. The van der Waals surface area contributed by atoms with Crippen LogP contribution in [0.1, 0.15) is 10.4 Å². The molecule has 0 fully saturated rings. The van der Waals surface area contributed by atoms with Crippen molar-refractivity contribution in [3.8, 4) is 17.2 Å². The number of anilines is 1. The molecule has 0 unspecified atom stereocenters. The Morgan fingerprint density at radius 3 is 2.42 bits per heavy atom. The van der Waals surface area contributed by atoms with Crippen LogP contribution < -0.4 is 25.1 Å². The van der Waals surface area contributed by atoms with Crippen molar-refractivity contribution in [3.05, 3.63) is 40.9 Å². The lowest BCUT2D eigenvalue weighted by molar-refractivity contribution is 0.0962. The molecule has 7 nitrogen and oxygen atoms in total. The predicted molar refractivity (Wildman–Crippen MR) is 102 cm³/mol. The molecular weight excluding hydrogens is 378 g/mol. The number of ether oxygens (including phenoxy) is 3. The lowest BCUT2D eigenvalue weighted by Gasteiger charge is -2.10. The molecule has 3 rings (SSSR count). The Morgan fingerprint density at radius 1 is 1.04 bits per heavy atom. The molecule has 0 saturated carbocycles. The van der Waals surface area contributed by atoms with E-state index in [1.54, 1.807) is 37.4 Å². The molecule has 9 heteroatoms. The fourth-order valence-corrected chi connectivity index (χ4v) is 3.44. The number of nitrogens with zero attached hydrogens (tertiary/aromatic N) is 1. The maximum atomic E-state index is 12.3. The number of hydrogen-bond acceptors (Lipinski definition) is 7. The lowest BCUT2D eigenvalue weighted by atomic mass is 10.2. The summed E-state index contributed by atoms with van der Waals surface area (Å²) in [6, 6.07) is 8.38. The summed E-state index contributed by atoms with van der Waals surface area (Å²) < 4.78 is 16.4. The standard InChI is InChI=1S/C17H16ClN3O4S/c1-23-11-6-4-9(8-13(11)25-3)16(22)20-21-17-19-14-12(24-2)7-5-10(18)15(14)26-17/h4-8H,1-3H3,(H,19,21)(H,20,22). The van der Waals surface area contributed by atoms with Crippen LogP contribution in [-0.2, 0) is 0 Å². The first kappa shape index (κ1) is 18.1. The third-order valence-electron chi connectivity index (χ3n) is 3.61. The van der Waals surface area contributed by atoms with E-state index in [4.69, 9.17) is 25.8 Å². The molecule has 3 aromatic rings. The minimum absolute atomic E-state index is 0.344. The molecule has 0 aliphatic carbocycles. The summed E-state index contributed by atoms with van der Waals surface area (Å²) >= 11 is 7.50. The summed E-state index contributed by atoms with van der Waals surface area (Å²) in [5, 5.41) is 1.05. The van der Waals surface area contributed by atoms with Crippen LogP contribution in [0, 0.1) is 0 Å². The molecule has 0 aliphatic rings. The number of rotatable bonds is 6. The van der Waals surface area contributed by atoms with Crippen molar-refractivity contribution in [1.29, 1.82) is 0 Å². The molecule has 2 N–H and O–H groups in total. The van der Waals surface area contributed by atoms with Crippen LogP contribution in [0.3, 0.4) is 0 Å². The smallest absolute Gasteiger partial charge is 0.269 e. The van der Waals surface area contributed by atoms with Gasteiger partial charge in [0.1, 0.15) is 11.3 Å². The van der Waals surface area contributed by atoms with Gasteiger partial charge in [0.25, 0.3) is 5.91 Å². The van der Waals surface area contributed by atoms with Crippen LogP contribution in [0.4, 0.5) is 5.13 Å². The van der Waals surface area contributed by atoms with Gasteiger partial charge in [0.2, 0.25) is 5.13 Å². The van der Waals surface area contributed by atoms with Crippen molar-refractivity contribution in [3.63, 3.8) is 0 Å². The number of thiazole rings is 1. The van der Waals surface area contributed by atoms with E-state index >= 15 is 0 Å². The van der Waals surface area contributed by atoms with E-state index in [2.05, 4.69) is 15.8 Å². The highest BCUT2D eigenvalue weighted by atomic mass is 35.5. The Morgan fingerprint density at radius 2 is 1.73 bits per heavy atom. The van der Waals surface area contributed by atoms with Crippen molar-refractivity contribution >= 4 is 44.2 Å². The van der Waals surface area contributed by atoms with E-state index in [1.165, 1.54) is 25.6 Å². The van der Waals surface area contributed by atoms with Gasteiger partial charge in [-0.15, -0.1) is 0 Å². The topological polar surface area (TPSA) is 81.7 Å². The van der Waals surface area contributed by atoms with E-state index < -0.39 is 0 Å². The van der Waals surface area contributed by atoms with Gasteiger partial charge in [-0.2, -0.15) is 0 Å². The molecule has 0 bridgehead atoms. The number of hydrogen-bond donors (Lipinski definition) is 2. The van der Waals surface area contributed by atoms with Gasteiger partial charge in [-0.1, -0.05) is 22.9 Å². The number of hydrazine groups is 1. The van der Waals surface area contributed by atoms with Gasteiger partial charge < -0.3 is 14.2 Å². The third kappa shape index (κ3) is 3.47. The Balaban J connectivity index is 1.77. The lowest BCUT2D eigenvalue weighted by Crippen LogP contribution is -2.29. The van der Waals surface area contributed by atoms with Gasteiger partial charge in [-0.3, -0.25) is 15.6 Å². The summed E-state index contributed by atoms with van der Waals surface area (Å²) in [5.41, 5.74) is 6.44. The number of fused-ring (bicyclic) bond motifs is 1. The molecule has 0 spiro atoms. The largest absolute Gasteiger partial charge is 0.494 e. The average Bonchev–Trinajstić information content (AvgIpc) is 3.11. The minimum atomic E-state index is -0.344. The molecule has 2 aromatic carbocycles. The molecule has 136 valence electrons. The average molecular weight is 394 g/mol. The van der Waals surface area contributed by atoms with Crippen LogP contribution in [0.15, 0.2) is 30.3 Å². The first-order valence-corrected chi connectivity index (χ1v) is 8.68. The summed E-state index contributed by atoms with van der Waals surface area (Å²) in [6.07, 6.45) is 0. The van der Waals surface area contributed by atoms with Crippen LogP contribution >= 0.6 is 22.9 Å². The van der Waals surface area contributed by atoms with E-state index in [9.17, 15) is 4.79 Å². The molecular formula is C17H16ClN3O4S. The fraction of sp³-hybridized carbons (Fsp3) is 0.176. The zero-order valence-corrected chi connectivity index (χ0v) is 15.8. The highest BCUT2D eigenvalue weighted by Gasteiger charge is 2.14. The molecule has 0 aliphatic heterocycles. The van der Waals surface area contributed by atoms with Gasteiger partial charge in [-0.05, 0) is 30.3 Å². The van der Waals surface area contributed by atoms with Crippen LogP contribution in [0.2, 0.25) is 5.02 Å². The van der Waals surface area contributed by atoms with E-state index in [0.29, 0.717) is 38.5 Å². The number of aromatic nitrogens is 1. The minimum Gasteiger partial charge on any atom is -0.494 e. The summed E-state index contributed by atoms with van der Waals surface area (Å²) in [5.74, 6) is 1.28. The SMILES string of the molecule is COc1ccc(C(=O)NNc2nc3c(OC)ccc(Cl)c3s2)cc1OC. The zero-order chi connectivity index (χ0) is 18.7. The van der Waals surface area contributed by atoms with Gasteiger partial charge in [0, 0.05) is 5.56 Å². The Hall–Kier alpha value is -2.71. The van der Waals surface area contributed by atoms with Gasteiger partial charge in [0.05, 0.1) is 31.1 Å². The molecule has 1 heterocycles. The molecule has 1 amide bonds. The summed E-state index contributed by atoms with van der Waals surface area (Å²) in [4.78, 5) is 16.8. The second-order valence-corrected chi connectivity index (χ2v) is 6.50. The number of benzene rings is 2. The first-order chi connectivity index (χ1) is 12.6. The normalized spacial score (nSPS) is 10.5. The number of methoxy groups -OCH3 is 3.